The Morgan fingerprint density at radius 3 is 2.73 bits per heavy atom. The lowest BCUT2D eigenvalue weighted by Gasteiger charge is -2.26. The molecule has 0 aliphatic carbocycles. The molecule has 1 fully saturated rings. The number of nitrogens with one attached hydrogen (secondary N) is 1. The van der Waals surface area contributed by atoms with Crippen molar-refractivity contribution < 1.29 is 23.9 Å². The van der Waals surface area contributed by atoms with Gasteiger partial charge in [-0.05, 0) is 36.2 Å². The fourth-order valence-electron chi connectivity index (χ4n) is 3.49. The molecule has 0 aromatic heterocycles. The fourth-order valence-corrected chi connectivity index (χ4v) is 4.46. The lowest BCUT2D eigenvalue weighted by atomic mass is 10.1. The van der Waals surface area contributed by atoms with Crippen molar-refractivity contribution in [3.05, 3.63) is 53.6 Å². The molecule has 2 aromatic carbocycles. The third-order valence-electron chi connectivity index (χ3n) is 5.11. The van der Waals surface area contributed by atoms with Crippen molar-refractivity contribution in [2.24, 2.45) is 5.92 Å². The van der Waals surface area contributed by atoms with E-state index in [0.29, 0.717) is 29.5 Å². The number of aryl methyl sites for hydroxylation is 1. The van der Waals surface area contributed by atoms with Crippen LogP contribution in [0.5, 0.6) is 11.5 Å². The van der Waals surface area contributed by atoms with Crippen LogP contribution in [0.25, 0.3) is 0 Å². The van der Waals surface area contributed by atoms with Gasteiger partial charge in [0, 0.05) is 24.4 Å². The van der Waals surface area contributed by atoms with Crippen LogP contribution in [0.1, 0.15) is 17.5 Å². The van der Waals surface area contributed by atoms with Gasteiger partial charge < -0.3 is 19.7 Å². The first kappa shape index (κ1) is 20.3. The number of thioether (sulfide) groups is 1. The quantitative estimate of drug-likeness (QED) is 0.765. The molecule has 2 aliphatic rings. The van der Waals surface area contributed by atoms with Gasteiger partial charge in [0.2, 0.25) is 18.6 Å². The molecule has 0 saturated carbocycles. The Hall–Kier alpha value is -3.00. The number of hydrogen-bond donors (Lipinski definition) is 1. The monoisotopic (exact) mass is 426 g/mol. The number of carbonyl (C=O) groups excluding carboxylic acids is 3. The zero-order valence-corrected chi connectivity index (χ0v) is 17.4. The topological polar surface area (TPSA) is 84.9 Å². The van der Waals surface area contributed by atoms with E-state index in [9.17, 15) is 14.4 Å². The first-order valence-electron chi connectivity index (χ1n) is 9.69. The number of para-hydroxylation sites is 1. The molecule has 0 spiro atoms. The molecule has 2 heterocycles. The predicted octanol–water partition coefficient (Wildman–Crippen LogP) is 2.65. The van der Waals surface area contributed by atoms with Crippen LogP contribution in [0.15, 0.2) is 42.5 Å². The van der Waals surface area contributed by atoms with Crippen LogP contribution in [0.2, 0.25) is 0 Å². The second-order valence-corrected chi connectivity index (χ2v) is 8.34. The Bertz CT molecular complexity index is 993. The first-order chi connectivity index (χ1) is 14.5. The zero-order valence-electron chi connectivity index (χ0n) is 16.6. The van der Waals surface area contributed by atoms with Crippen LogP contribution in [0, 0.1) is 12.8 Å². The van der Waals surface area contributed by atoms with E-state index in [1.807, 2.05) is 49.4 Å². The number of nitrogens with zero attached hydrogens (tertiary/aromatic N) is 1. The lowest BCUT2D eigenvalue weighted by Crippen LogP contribution is -2.43. The molecule has 1 atom stereocenters. The average molecular weight is 426 g/mol. The highest BCUT2D eigenvalue weighted by molar-refractivity contribution is 8.14. The third kappa shape index (κ3) is 4.43. The SMILES string of the molecule is Cc1ccccc1N(CC(=O)NCc1ccc2c(c1)OCO2)C(=O)[C@H]1CSC(=O)C1. The molecule has 2 aromatic rings. The molecule has 0 radical (unpaired) electrons. The highest BCUT2D eigenvalue weighted by Gasteiger charge is 2.34. The molecule has 0 unspecified atom stereocenters. The number of carbonyl (C=O) groups is 3. The first-order valence-corrected chi connectivity index (χ1v) is 10.7. The van der Waals surface area contributed by atoms with Crippen molar-refractivity contribution in [2.45, 2.75) is 19.9 Å². The highest BCUT2D eigenvalue weighted by Crippen LogP contribution is 2.32. The van der Waals surface area contributed by atoms with Gasteiger partial charge >= 0.3 is 0 Å². The lowest BCUT2D eigenvalue weighted by molar-refractivity contribution is -0.126. The van der Waals surface area contributed by atoms with Gasteiger partial charge in [-0.1, -0.05) is 36.0 Å². The highest BCUT2D eigenvalue weighted by atomic mass is 32.2. The summed E-state index contributed by atoms with van der Waals surface area (Å²) in [7, 11) is 0. The maximum Gasteiger partial charge on any atom is 0.240 e. The molecule has 4 rings (SSSR count). The normalized spacial score (nSPS) is 17.1. The number of benzene rings is 2. The second-order valence-electron chi connectivity index (χ2n) is 7.26. The van der Waals surface area contributed by atoms with Gasteiger partial charge in [-0.2, -0.15) is 0 Å². The number of fused-ring (bicyclic) bond motifs is 1. The number of hydrogen-bond acceptors (Lipinski definition) is 6. The smallest absolute Gasteiger partial charge is 0.240 e. The zero-order chi connectivity index (χ0) is 21.1. The third-order valence-corrected chi connectivity index (χ3v) is 6.17. The van der Waals surface area contributed by atoms with Crippen LogP contribution in [-0.2, 0) is 20.9 Å². The minimum atomic E-state index is -0.399. The summed E-state index contributed by atoms with van der Waals surface area (Å²) < 4.78 is 10.7. The van der Waals surface area contributed by atoms with Gasteiger partial charge in [0.1, 0.15) is 6.54 Å². The van der Waals surface area contributed by atoms with E-state index in [1.54, 1.807) is 0 Å². The molecule has 2 amide bonds. The number of ether oxygens (including phenoxy) is 2. The van der Waals surface area contributed by atoms with Crippen molar-refractivity contribution in [1.82, 2.24) is 5.32 Å². The van der Waals surface area contributed by atoms with Crippen LogP contribution in [0.4, 0.5) is 5.69 Å². The summed E-state index contributed by atoms with van der Waals surface area (Å²) >= 11 is 1.18. The van der Waals surface area contributed by atoms with E-state index in [4.69, 9.17) is 9.47 Å². The Morgan fingerprint density at radius 2 is 1.97 bits per heavy atom. The van der Waals surface area contributed by atoms with E-state index in [-0.39, 0.29) is 36.7 Å². The van der Waals surface area contributed by atoms with Gasteiger partial charge in [0.05, 0.1) is 5.92 Å². The molecule has 1 N–H and O–H groups in total. The summed E-state index contributed by atoms with van der Waals surface area (Å²) in [5.41, 5.74) is 2.45. The van der Waals surface area contributed by atoms with E-state index in [0.717, 1.165) is 11.1 Å². The Balaban J connectivity index is 1.45. The molecule has 8 heteroatoms. The van der Waals surface area contributed by atoms with Gasteiger partial charge in [0.15, 0.2) is 16.6 Å². The number of amides is 2. The summed E-state index contributed by atoms with van der Waals surface area (Å²) in [6.07, 6.45) is 0.213. The largest absolute Gasteiger partial charge is 0.454 e. The summed E-state index contributed by atoms with van der Waals surface area (Å²) in [5, 5.41) is 2.88. The van der Waals surface area contributed by atoms with Crippen LogP contribution >= 0.6 is 11.8 Å². The summed E-state index contributed by atoms with van der Waals surface area (Å²) in [6, 6.07) is 12.9. The molecule has 1 saturated heterocycles. The van der Waals surface area contributed by atoms with Crippen molar-refractivity contribution in [2.75, 3.05) is 24.0 Å². The van der Waals surface area contributed by atoms with Gasteiger partial charge in [-0.25, -0.2) is 0 Å². The van der Waals surface area contributed by atoms with Crippen LogP contribution < -0.4 is 19.7 Å². The average Bonchev–Trinajstić information content (AvgIpc) is 3.39. The molecule has 156 valence electrons. The molecular weight excluding hydrogens is 404 g/mol. The summed E-state index contributed by atoms with van der Waals surface area (Å²) in [6.45, 7) is 2.29. The van der Waals surface area contributed by atoms with Crippen molar-refractivity contribution in [1.29, 1.82) is 0 Å². The van der Waals surface area contributed by atoms with Crippen molar-refractivity contribution in [3.63, 3.8) is 0 Å². The maximum absolute atomic E-state index is 13.1. The second kappa shape index (κ2) is 8.79. The summed E-state index contributed by atoms with van der Waals surface area (Å²) in [4.78, 5) is 39.0. The Morgan fingerprint density at radius 1 is 1.17 bits per heavy atom. The summed E-state index contributed by atoms with van der Waals surface area (Å²) in [5.74, 6) is 0.928. The predicted molar refractivity (Wildman–Crippen MR) is 114 cm³/mol. The molecule has 30 heavy (non-hydrogen) atoms. The minimum absolute atomic E-state index is 0.0188. The van der Waals surface area contributed by atoms with E-state index < -0.39 is 5.92 Å². The van der Waals surface area contributed by atoms with Crippen LogP contribution in [-0.4, -0.2) is 36.0 Å². The number of anilines is 1. The van der Waals surface area contributed by atoms with Crippen LogP contribution in [0.3, 0.4) is 0 Å². The minimum Gasteiger partial charge on any atom is -0.454 e. The number of rotatable bonds is 6. The standard InChI is InChI=1S/C22H22N2O5S/c1-14-4-2-3-5-17(14)24(22(27)16-9-21(26)30-12-16)11-20(25)23-10-15-6-7-18-19(8-15)29-13-28-18/h2-8,16H,9-13H2,1H3,(H,23,25)/t16-/m1/s1. The van der Waals surface area contributed by atoms with Crippen molar-refractivity contribution >= 4 is 34.4 Å². The van der Waals surface area contributed by atoms with Gasteiger partial charge in [-0.3, -0.25) is 14.4 Å². The Labute approximate surface area is 178 Å². The van der Waals surface area contributed by atoms with E-state index in [1.165, 1.54) is 16.7 Å². The van der Waals surface area contributed by atoms with Gasteiger partial charge in [-0.15, -0.1) is 0 Å². The Kier molecular flexibility index (Phi) is 5.94. The molecule has 7 nitrogen and oxygen atoms in total. The van der Waals surface area contributed by atoms with Crippen molar-refractivity contribution in [3.8, 4) is 11.5 Å². The maximum atomic E-state index is 13.1. The van der Waals surface area contributed by atoms with E-state index >= 15 is 0 Å². The van der Waals surface area contributed by atoms with Gasteiger partial charge in [0.25, 0.3) is 0 Å². The molecule has 0 bridgehead atoms. The molecule has 2 aliphatic heterocycles. The fraction of sp³-hybridized carbons (Fsp3) is 0.318. The van der Waals surface area contributed by atoms with E-state index in [2.05, 4.69) is 5.32 Å². The molecular formula is C22H22N2O5S.